The van der Waals surface area contributed by atoms with Crippen LogP contribution in [0, 0.1) is 34.5 Å². The van der Waals surface area contributed by atoms with E-state index >= 15 is 0 Å². The average Bonchev–Trinajstić information content (AvgIpc) is 2.91. The van der Waals surface area contributed by atoms with Gasteiger partial charge in [0.15, 0.2) is 0 Å². The maximum atomic E-state index is 4.94. The fraction of sp³-hybridized carbons (Fsp3) is 0.913. The number of fused-ring (bicyclic) bond motifs is 5. The molecule has 0 spiro atoms. The van der Waals surface area contributed by atoms with Crippen LogP contribution in [0.4, 0.5) is 0 Å². The molecule has 0 radical (unpaired) electrons. The van der Waals surface area contributed by atoms with E-state index in [4.69, 9.17) is 10.2 Å². The van der Waals surface area contributed by atoms with Crippen LogP contribution >= 0.6 is 0 Å². The van der Waals surface area contributed by atoms with Crippen molar-refractivity contribution in [1.82, 2.24) is 10.0 Å². The molecule has 4 nitrogen and oxygen atoms in total. The minimum atomic E-state index is 0.362. The number of hydrogen-bond acceptors (Lipinski definition) is 4. The highest BCUT2D eigenvalue weighted by molar-refractivity contribution is 5.92. The Balaban J connectivity index is 1.56. The van der Waals surface area contributed by atoms with Crippen molar-refractivity contribution in [1.29, 1.82) is 0 Å². The second kappa shape index (κ2) is 6.77. The third kappa shape index (κ3) is 3.11. The predicted molar refractivity (Wildman–Crippen MR) is 114 cm³/mol. The SMILES string of the molecule is CN(C)/N=C1/CC[C@@]2(C)[C@@H](CC[C@@H]3[C@@H]2CC[C@]2(C)/C(=N\N(C)C)CC[C@@H]32)C1. The van der Waals surface area contributed by atoms with E-state index in [1.165, 1.54) is 69.2 Å². The second-order valence-corrected chi connectivity index (χ2v) is 10.8. The van der Waals surface area contributed by atoms with Crippen LogP contribution in [0.2, 0.25) is 0 Å². The smallest absolute Gasteiger partial charge is 0.0442 e. The first-order valence-corrected chi connectivity index (χ1v) is 11.2. The molecular formula is C23H40N4. The molecule has 27 heavy (non-hydrogen) atoms. The zero-order chi connectivity index (χ0) is 19.4. The Morgan fingerprint density at radius 1 is 0.815 bits per heavy atom. The van der Waals surface area contributed by atoms with Crippen molar-refractivity contribution in [3.05, 3.63) is 0 Å². The summed E-state index contributed by atoms with van der Waals surface area (Å²) >= 11 is 0. The first-order valence-electron chi connectivity index (χ1n) is 11.2. The Morgan fingerprint density at radius 2 is 1.56 bits per heavy atom. The van der Waals surface area contributed by atoms with Crippen molar-refractivity contribution >= 4 is 11.4 Å². The molecule has 0 bridgehead atoms. The Labute approximate surface area is 166 Å². The molecule has 4 fully saturated rings. The summed E-state index contributed by atoms with van der Waals surface area (Å²) in [6.45, 7) is 5.19. The summed E-state index contributed by atoms with van der Waals surface area (Å²) < 4.78 is 0. The van der Waals surface area contributed by atoms with Gasteiger partial charge in [0, 0.05) is 45.0 Å². The largest absolute Gasteiger partial charge is 0.303 e. The van der Waals surface area contributed by atoms with Gasteiger partial charge in [0.1, 0.15) is 0 Å². The van der Waals surface area contributed by atoms with E-state index in [9.17, 15) is 0 Å². The molecule has 0 unspecified atom stereocenters. The highest BCUT2D eigenvalue weighted by Gasteiger charge is 2.59. The standard InChI is InChI=1S/C23H40N4/c1-22-13-11-17(24-26(3)4)15-16(22)7-8-18-19-9-10-21(25-27(5)6)23(19,2)14-12-20(18)22/h16,18-20H,7-15H2,1-6H3/b24-17-,25-21-/t16-,18-,19-,20-,22-,23-/m0/s1. The van der Waals surface area contributed by atoms with E-state index < -0.39 is 0 Å². The molecule has 4 aliphatic carbocycles. The lowest BCUT2D eigenvalue weighted by Crippen LogP contribution is -2.53. The van der Waals surface area contributed by atoms with Crippen molar-refractivity contribution < 1.29 is 0 Å². The van der Waals surface area contributed by atoms with E-state index in [-0.39, 0.29) is 0 Å². The number of hydrogen-bond donors (Lipinski definition) is 0. The predicted octanol–water partition coefficient (Wildman–Crippen LogP) is 4.86. The van der Waals surface area contributed by atoms with Crippen molar-refractivity contribution in [3.63, 3.8) is 0 Å². The summed E-state index contributed by atoms with van der Waals surface area (Å²) in [5.41, 5.74) is 3.84. The Hall–Kier alpha value is -1.06. The number of hydrazone groups is 2. The monoisotopic (exact) mass is 372 g/mol. The fourth-order valence-corrected chi connectivity index (χ4v) is 7.63. The van der Waals surface area contributed by atoms with E-state index in [1.54, 1.807) is 0 Å². The Bertz CT molecular complexity index is 636. The second-order valence-electron chi connectivity index (χ2n) is 10.8. The van der Waals surface area contributed by atoms with Crippen molar-refractivity contribution in [2.24, 2.45) is 44.7 Å². The number of nitrogens with zero attached hydrogens (tertiary/aromatic N) is 4. The minimum Gasteiger partial charge on any atom is -0.303 e. The Kier molecular flexibility index (Phi) is 4.83. The molecule has 0 aromatic rings. The molecule has 0 N–H and O–H groups in total. The van der Waals surface area contributed by atoms with E-state index in [1.807, 2.05) is 10.0 Å². The lowest BCUT2D eigenvalue weighted by molar-refractivity contribution is -0.0817. The molecule has 0 aliphatic heterocycles. The van der Waals surface area contributed by atoms with Crippen LogP contribution in [0.15, 0.2) is 10.2 Å². The molecule has 4 aliphatic rings. The molecule has 4 rings (SSSR count). The van der Waals surface area contributed by atoms with Crippen molar-refractivity contribution in [2.75, 3.05) is 28.2 Å². The maximum absolute atomic E-state index is 4.94. The summed E-state index contributed by atoms with van der Waals surface area (Å²) in [6, 6.07) is 0. The van der Waals surface area contributed by atoms with Crippen LogP contribution in [0.3, 0.4) is 0 Å². The highest BCUT2D eigenvalue weighted by atomic mass is 15.4. The van der Waals surface area contributed by atoms with E-state index in [2.05, 4.69) is 42.0 Å². The van der Waals surface area contributed by atoms with Crippen LogP contribution in [-0.2, 0) is 0 Å². The third-order valence-electron chi connectivity index (χ3n) is 8.90. The minimum absolute atomic E-state index is 0.362. The van der Waals surface area contributed by atoms with Gasteiger partial charge in [-0.2, -0.15) is 10.2 Å². The summed E-state index contributed by atoms with van der Waals surface area (Å²) in [7, 11) is 8.28. The van der Waals surface area contributed by atoms with E-state index in [0.717, 1.165) is 23.7 Å². The van der Waals surface area contributed by atoms with Crippen LogP contribution in [-0.4, -0.2) is 49.6 Å². The molecule has 0 saturated heterocycles. The van der Waals surface area contributed by atoms with Gasteiger partial charge in [-0.05, 0) is 86.9 Å². The van der Waals surface area contributed by atoms with Gasteiger partial charge in [0.05, 0.1) is 0 Å². The normalized spacial score (nSPS) is 46.7. The zero-order valence-electron chi connectivity index (χ0n) is 18.5. The van der Waals surface area contributed by atoms with Crippen molar-refractivity contribution in [3.8, 4) is 0 Å². The van der Waals surface area contributed by atoms with Gasteiger partial charge in [-0.1, -0.05) is 13.8 Å². The average molecular weight is 373 g/mol. The topological polar surface area (TPSA) is 31.2 Å². The molecule has 4 heteroatoms. The third-order valence-corrected chi connectivity index (χ3v) is 8.90. The van der Waals surface area contributed by atoms with Crippen molar-refractivity contribution in [2.45, 2.75) is 71.6 Å². The van der Waals surface area contributed by atoms with Gasteiger partial charge in [-0.3, -0.25) is 0 Å². The van der Waals surface area contributed by atoms with Gasteiger partial charge in [0.25, 0.3) is 0 Å². The first kappa shape index (κ1) is 19.3. The molecule has 6 atom stereocenters. The maximum Gasteiger partial charge on any atom is 0.0442 e. The lowest BCUT2D eigenvalue weighted by Gasteiger charge is -2.59. The molecular weight excluding hydrogens is 332 g/mol. The molecule has 0 aromatic carbocycles. The van der Waals surface area contributed by atoms with Crippen LogP contribution in [0.5, 0.6) is 0 Å². The zero-order valence-corrected chi connectivity index (χ0v) is 18.5. The van der Waals surface area contributed by atoms with E-state index in [0.29, 0.717) is 10.8 Å². The van der Waals surface area contributed by atoms with Gasteiger partial charge < -0.3 is 10.0 Å². The summed E-state index contributed by atoms with van der Waals surface area (Å²) in [4.78, 5) is 0. The van der Waals surface area contributed by atoms with Crippen LogP contribution in [0.1, 0.15) is 71.6 Å². The van der Waals surface area contributed by atoms with Gasteiger partial charge in [-0.15, -0.1) is 0 Å². The fourth-order valence-electron chi connectivity index (χ4n) is 7.63. The van der Waals surface area contributed by atoms with Gasteiger partial charge >= 0.3 is 0 Å². The molecule has 0 amide bonds. The molecule has 152 valence electrons. The summed E-state index contributed by atoms with van der Waals surface area (Å²) in [6.07, 6.45) is 12.0. The summed E-state index contributed by atoms with van der Waals surface area (Å²) in [5, 5.41) is 13.8. The number of rotatable bonds is 2. The van der Waals surface area contributed by atoms with Crippen LogP contribution < -0.4 is 0 Å². The Morgan fingerprint density at radius 3 is 2.26 bits per heavy atom. The molecule has 0 aromatic heterocycles. The quantitative estimate of drug-likeness (QED) is 0.648. The molecule has 0 heterocycles. The highest BCUT2D eigenvalue weighted by Crippen LogP contribution is 2.65. The van der Waals surface area contributed by atoms with Gasteiger partial charge in [-0.25, -0.2) is 0 Å². The molecule has 4 saturated carbocycles. The summed E-state index contributed by atoms with van der Waals surface area (Å²) in [5.74, 6) is 3.57. The lowest BCUT2D eigenvalue weighted by atomic mass is 9.45. The van der Waals surface area contributed by atoms with Gasteiger partial charge in [0.2, 0.25) is 0 Å². The first-order chi connectivity index (χ1) is 12.7. The van der Waals surface area contributed by atoms with Crippen LogP contribution in [0.25, 0.3) is 0 Å².